The fraction of sp³-hybridized carbons (Fsp3) is 0.333. The number of H-pyrrole nitrogens is 1. The topological polar surface area (TPSA) is 67.0 Å². The van der Waals surface area contributed by atoms with Crippen molar-refractivity contribution in [1.82, 2.24) is 15.5 Å². The Hall–Kier alpha value is -1.50. The van der Waals surface area contributed by atoms with Crippen molar-refractivity contribution in [3.8, 4) is 0 Å². The van der Waals surface area contributed by atoms with Crippen LogP contribution < -0.4 is 5.32 Å². The smallest absolute Gasteiger partial charge is 0.230 e. The van der Waals surface area contributed by atoms with Gasteiger partial charge in [0.15, 0.2) is 0 Å². The van der Waals surface area contributed by atoms with E-state index in [9.17, 15) is 4.79 Å². The van der Waals surface area contributed by atoms with E-state index in [0.29, 0.717) is 18.9 Å². The van der Waals surface area contributed by atoms with E-state index in [-0.39, 0.29) is 5.91 Å². The van der Waals surface area contributed by atoms with Gasteiger partial charge < -0.3 is 10.1 Å². The number of hydrogen-bond donors (Lipinski definition) is 2. The van der Waals surface area contributed by atoms with E-state index in [0.717, 1.165) is 27.7 Å². The molecule has 1 aromatic heterocycles. The van der Waals surface area contributed by atoms with Gasteiger partial charge in [0.2, 0.25) is 5.91 Å². The number of nitrogens with one attached hydrogen (secondary N) is 2. The molecule has 1 amide bonds. The van der Waals surface area contributed by atoms with Crippen LogP contribution in [0.1, 0.15) is 17.0 Å². The van der Waals surface area contributed by atoms with Crippen LogP contribution >= 0.6 is 23.4 Å². The molecule has 1 aromatic carbocycles. The van der Waals surface area contributed by atoms with E-state index in [1.807, 2.05) is 30.3 Å². The maximum absolute atomic E-state index is 11.8. The largest absolute Gasteiger partial charge is 0.378 e. The second-order valence-corrected chi connectivity index (χ2v) is 6.07. The number of aromatic amines is 1. The minimum atomic E-state index is -0.0139. The standard InChI is InChI=1S/C15H18ClN3O2S/c1-21-8-13-6-12(18-19-13)7-17-15(20)10-22-9-11-4-2-3-5-14(11)16/h2-6H,7-10H2,1H3,(H,17,20)(H,18,19). The van der Waals surface area contributed by atoms with E-state index in [1.54, 1.807) is 7.11 Å². The number of methoxy groups -OCH3 is 1. The molecule has 22 heavy (non-hydrogen) atoms. The Morgan fingerprint density at radius 1 is 1.45 bits per heavy atom. The number of amides is 1. The molecule has 0 atom stereocenters. The monoisotopic (exact) mass is 339 g/mol. The van der Waals surface area contributed by atoms with E-state index in [1.165, 1.54) is 11.8 Å². The fourth-order valence-corrected chi connectivity index (χ4v) is 2.98. The molecule has 2 rings (SSSR count). The van der Waals surface area contributed by atoms with Crippen molar-refractivity contribution in [3.63, 3.8) is 0 Å². The van der Waals surface area contributed by atoms with Gasteiger partial charge in [0.1, 0.15) is 0 Å². The van der Waals surface area contributed by atoms with Gasteiger partial charge in [-0.25, -0.2) is 0 Å². The molecule has 2 aromatic rings. The maximum atomic E-state index is 11.8. The van der Waals surface area contributed by atoms with Gasteiger partial charge >= 0.3 is 0 Å². The number of aromatic nitrogens is 2. The van der Waals surface area contributed by atoms with Crippen LogP contribution in [-0.4, -0.2) is 29.0 Å². The number of nitrogens with zero attached hydrogens (tertiary/aromatic N) is 1. The molecule has 0 aliphatic rings. The van der Waals surface area contributed by atoms with E-state index < -0.39 is 0 Å². The van der Waals surface area contributed by atoms with Gasteiger partial charge in [-0.15, -0.1) is 11.8 Å². The van der Waals surface area contributed by atoms with E-state index in [2.05, 4.69) is 15.5 Å². The predicted molar refractivity (Wildman–Crippen MR) is 88.8 cm³/mol. The first-order valence-electron chi connectivity index (χ1n) is 6.79. The van der Waals surface area contributed by atoms with Gasteiger partial charge in [-0.3, -0.25) is 9.89 Å². The summed E-state index contributed by atoms with van der Waals surface area (Å²) in [5, 5.41) is 10.5. The van der Waals surface area contributed by atoms with Crippen molar-refractivity contribution in [2.24, 2.45) is 0 Å². The first-order valence-corrected chi connectivity index (χ1v) is 8.32. The zero-order valence-electron chi connectivity index (χ0n) is 12.3. The number of hydrogen-bond acceptors (Lipinski definition) is 4. The molecule has 0 spiro atoms. The third kappa shape index (κ3) is 5.36. The Bertz CT molecular complexity index is 618. The zero-order valence-corrected chi connectivity index (χ0v) is 13.8. The van der Waals surface area contributed by atoms with Crippen LogP contribution in [0.5, 0.6) is 0 Å². The molecule has 118 valence electrons. The normalized spacial score (nSPS) is 10.6. The average Bonchev–Trinajstić information content (AvgIpc) is 2.95. The van der Waals surface area contributed by atoms with Crippen molar-refractivity contribution in [3.05, 3.63) is 52.3 Å². The van der Waals surface area contributed by atoms with Crippen molar-refractivity contribution >= 4 is 29.3 Å². The average molecular weight is 340 g/mol. The molecule has 0 bridgehead atoms. The molecule has 0 aliphatic carbocycles. The number of thioether (sulfide) groups is 1. The summed E-state index contributed by atoms with van der Waals surface area (Å²) in [6.07, 6.45) is 0. The van der Waals surface area contributed by atoms with Gasteiger partial charge in [-0.05, 0) is 17.7 Å². The number of carbonyl (C=O) groups is 1. The Labute approximate surface area is 138 Å². The lowest BCUT2D eigenvalue weighted by atomic mass is 10.2. The van der Waals surface area contributed by atoms with Crippen LogP contribution in [0.15, 0.2) is 30.3 Å². The highest BCUT2D eigenvalue weighted by atomic mass is 35.5. The Balaban J connectivity index is 1.68. The summed E-state index contributed by atoms with van der Waals surface area (Å²) in [5.74, 6) is 1.10. The molecule has 5 nitrogen and oxygen atoms in total. The van der Waals surface area contributed by atoms with Crippen LogP contribution in [0.4, 0.5) is 0 Å². The molecule has 0 fully saturated rings. The summed E-state index contributed by atoms with van der Waals surface area (Å²) in [5.41, 5.74) is 2.72. The van der Waals surface area contributed by atoms with Gasteiger partial charge in [0.05, 0.1) is 30.3 Å². The van der Waals surface area contributed by atoms with Crippen LogP contribution in [-0.2, 0) is 28.4 Å². The molecule has 0 saturated carbocycles. The second-order valence-electron chi connectivity index (χ2n) is 4.68. The third-order valence-corrected chi connectivity index (χ3v) is 4.25. The van der Waals surface area contributed by atoms with Crippen LogP contribution in [0.25, 0.3) is 0 Å². The Morgan fingerprint density at radius 3 is 3.05 bits per heavy atom. The molecule has 0 saturated heterocycles. The van der Waals surface area contributed by atoms with E-state index >= 15 is 0 Å². The Morgan fingerprint density at radius 2 is 2.27 bits per heavy atom. The molecular weight excluding hydrogens is 322 g/mol. The van der Waals surface area contributed by atoms with Crippen LogP contribution in [0, 0.1) is 0 Å². The SMILES string of the molecule is COCc1cc(CNC(=O)CSCc2ccccc2Cl)[nH]n1. The minimum Gasteiger partial charge on any atom is -0.378 e. The molecule has 0 aliphatic heterocycles. The van der Waals surface area contributed by atoms with Gasteiger partial charge in [0.25, 0.3) is 0 Å². The summed E-state index contributed by atoms with van der Waals surface area (Å²) in [4.78, 5) is 11.8. The molecule has 1 heterocycles. The quantitative estimate of drug-likeness (QED) is 0.776. The maximum Gasteiger partial charge on any atom is 0.230 e. The molecule has 0 unspecified atom stereocenters. The van der Waals surface area contributed by atoms with Gasteiger partial charge in [-0.2, -0.15) is 5.10 Å². The second kappa shape index (κ2) is 8.82. The van der Waals surface area contributed by atoms with Gasteiger partial charge in [-0.1, -0.05) is 29.8 Å². The highest BCUT2D eigenvalue weighted by Gasteiger charge is 2.06. The lowest BCUT2D eigenvalue weighted by molar-refractivity contribution is -0.118. The fourth-order valence-electron chi connectivity index (χ4n) is 1.84. The van der Waals surface area contributed by atoms with Crippen molar-refractivity contribution in [1.29, 1.82) is 0 Å². The number of rotatable bonds is 8. The van der Waals surface area contributed by atoms with Crippen LogP contribution in [0.2, 0.25) is 5.02 Å². The predicted octanol–water partition coefficient (Wildman–Crippen LogP) is 2.76. The zero-order chi connectivity index (χ0) is 15.8. The number of carbonyl (C=O) groups excluding carboxylic acids is 1. The molecule has 0 radical (unpaired) electrons. The van der Waals surface area contributed by atoms with Gasteiger partial charge in [0, 0.05) is 17.9 Å². The Kier molecular flexibility index (Phi) is 6.76. The van der Waals surface area contributed by atoms with Crippen molar-refractivity contribution < 1.29 is 9.53 Å². The third-order valence-electron chi connectivity index (χ3n) is 2.90. The number of benzene rings is 1. The number of ether oxygens (including phenoxy) is 1. The highest BCUT2D eigenvalue weighted by Crippen LogP contribution is 2.20. The first-order chi connectivity index (χ1) is 10.7. The summed E-state index contributed by atoms with van der Waals surface area (Å²) in [6.45, 7) is 0.889. The lowest BCUT2D eigenvalue weighted by Crippen LogP contribution is -2.24. The summed E-state index contributed by atoms with van der Waals surface area (Å²) in [7, 11) is 1.62. The number of halogens is 1. The highest BCUT2D eigenvalue weighted by molar-refractivity contribution is 7.99. The van der Waals surface area contributed by atoms with Crippen molar-refractivity contribution in [2.75, 3.05) is 12.9 Å². The molecule has 2 N–H and O–H groups in total. The first kappa shape index (κ1) is 16.9. The lowest BCUT2D eigenvalue weighted by Gasteiger charge is -2.05. The van der Waals surface area contributed by atoms with E-state index in [4.69, 9.17) is 16.3 Å². The summed E-state index contributed by atoms with van der Waals surface area (Å²) >= 11 is 7.61. The minimum absolute atomic E-state index is 0.0139. The van der Waals surface area contributed by atoms with Crippen molar-refractivity contribution in [2.45, 2.75) is 18.9 Å². The molecule has 7 heteroatoms. The molecular formula is C15H18ClN3O2S. The van der Waals surface area contributed by atoms with Crippen LogP contribution in [0.3, 0.4) is 0 Å². The summed E-state index contributed by atoms with van der Waals surface area (Å²) < 4.78 is 4.99. The summed E-state index contributed by atoms with van der Waals surface area (Å²) in [6, 6.07) is 9.53.